The number of rotatable bonds is 3. The number of hydrogen-bond acceptors (Lipinski definition) is 4. The predicted molar refractivity (Wildman–Crippen MR) is 225 cm³/mol. The summed E-state index contributed by atoms with van der Waals surface area (Å²) in [5, 5.41) is 30.5. The van der Waals surface area contributed by atoms with Gasteiger partial charge >= 0.3 is 0 Å². The van der Waals surface area contributed by atoms with Crippen molar-refractivity contribution in [2.24, 2.45) is 0 Å². The highest BCUT2D eigenvalue weighted by molar-refractivity contribution is 6.20. The number of para-hydroxylation sites is 4. The molecule has 6 nitrogen and oxygen atoms in total. The summed E-state index contributed by atoms with van der Waals surface area (Å²) in [7, 11) is 0. The van der Waals surface area contributed by atoms with Crippen LogP contribution in [0.4, 0.5) is 0 Å². The van der Waals surface area contributed by atoms with Gasteiger partial charge in [0.25, 0.3) is 0 Å². The molecule has 258 valence electrons. The fraction of sp³-hybridized carbons (Fsp3) is 0. The van der Waals surface area contributed by atoms with Crippen LogP contribution in [0.3, 0.4) is 0 Å². The molecule has 56 heavy (non-hydrogen) atoms. The molecule has 0 saturated carbocycles. The molecule has 0 radical (unpaired) electrons. The van der Waals surface area contributed by atoms with Crippen LogP contribution in [-0.4, -0.2) is 9.13 Å². The van der Waals surface area contributed by atoms with Gasteiger partial charge in [-0.05, 0) is 48.0 Å². The predicted octanol–water partition coefficient (Wildman–Crippen LogP) is 13.1. The van der Waals surface area contributed by atoms with Crippen molar-refractivity contribution in [1.29, 1.82) is 10.5 Å². The lowest BCUT2D eigenvalue weighted by atomic mass is 9.93. The van der Waals surface area contributed by atoms with Gasteiger partial charge in [0.1, 0.15) is 34.5 Å². The molecule has 0 fully saturated rings. The first-order valence-corrected chi connectivity index (χ1v) is 18.5. The highest BCUT2D eigenvalue weighted by Gasteiger charge is 2.28. The zero-order chi connectivity index (χ0) is 37.1. The molecule has 0 aliphatic heterocycles. The number of nitrogens with zero attached hydrogens (tertiary/aromatic N) is 4. The highest BCUT2D eigenvalue weighted by Crippen LogP contribution is 2.47. The van der Waals surface area contributed by atoms with E-state index >= 15 is 0 Å². The zero-order valence-electron chi connectivity index (χ0n) is 29.6. The Morgan fingerprint density at radius 3 is 1.27 bits per heavy atom. The average Bonchev–Trinajstić information content (AvgIpc) is 3.98. The lowest BCUT2D eigenvalue weighted by Gasteiger charge is -2.22. The number of hydrogen-bond donors (Lipinski definition) is 0. The van der Waals surface area contributed by atoms with E-state index in [9.17, 15) is 10.5 Å². The summed E-state index contributed by atoms with van der Waals surface area (Å²) in [4.78, 5) is 0. The minimum Gasteiger partial charge on any atom is -0.456 e. The third-order valence-corrected chi connectivity index (χ3v) is 11.4. The first-order chi connectivity index (χ1) is 27.7. The third kappa shape index (κ3) is 4.02. The summed E-state index contributed by atoms with van der Waals surface area (Å²) in [6, 6.07) is 58.3. The van der Waals surface area contributed by atoms with E-state index in [2.05, 4.69) is 94.1 Å². The van der Waals surface area contributed by atoms with Gasteiger partial charge in [-0.15, -0.1) is 0 Å². The Balaban J connectivity index is 1.29. The van der Waals surface area contributed by atoms with Crippen LogP contribution in [0.15, 0.2) is 167 Å². The molecular weight excluding hydrogens is 689 g/mol. The first-order valence-electron chi connectivity index (χ1n) is 18.5. The van der Waals surface area contributed by atoms with Crippen LogP contribution in [0.1, 0.15) is 11.1 Å². The van der Waals surface area contributed by atoms with Gasteiger partial charge in [-0.3, -0.25) is 0 Å². The van der Waals surface area contributed by atoms with Crippen molar-refractivity contribution in [2.75, 3.05) is 0 Å². The summed E-state index contributed by atoms with van der Waals surface area (Å²) in [6.07, 6.45) is 0. The van der Waals surface area contributed by atoms with Crippen LogP contribution in [0, 0.1) is 22.7 Å². The highest BCUT2D eigenvalue weighted by atomic mass is 16.3. The Labute approximate surface area is 318 Å². The summed E-state index contributed by atoms with van der Waals surface area (Å²) < 4.78 is 17.3. The molecule has 0 saturated heterocycles. The molecule has 0 aliphatic rings. The molecule has 12 rings (SSSR count). The third-order valence-electron chi connectivity index (χ3n) is 11.4. The Kier molecular flexibility index (Phi) is 6.10. The van der Waals surface area contributed by atoms with Crippen LogP contribution in [0.2, 0.25) is 0 Å². The molecule has 0 N–H and O–H groups in total. The lowest BCUT2D eigenvalue weighted by Crippen LogP contribution is -2.08. The topological polar surface area (TPSA) is 83.7 Å². The van der Waals surface area contributed by atoms with Gasteiger partial charge in [0, 0.05) is 60.8 Å². The quantitative estimate of drug-likeness (QED) is 0.182. The van der Waals surface area contributed by atoms with Crippen molar-refractivity contribution >= 4 is 87.5 Å². The smallest absolute Gasteiger partial charge is 0.137 e. The molecule has 0 bridgehead atoms. The second kappa shape index (κ2) is 11.2. The van der Waals surface area contributed by atoms with E-state index in [1.54, 1.807) is 6.07 Å². The molecule has 4 heterocycles. The fourth-order valence-corrected chi connectivity index (χ4v) is 9.03. The van der Waals surface area contributed by atoms with E-state index in [1.165, 1.54) is 0 Å². The normalized spacial score (nSPS) is 11.9. The Bertz CT molecular complexity index is 3510. The Morgan fingerprint density at radius 2 is 0.786 bits per heavy atom. The number of aromatic nitrogens is 2. The number of nitriles is 2. The maximum atomic E-state index is 11.1. The van der Waals surface area contributed by atoms with E-state index in [1.807, 2.05) is 78.9 Å². The fourth-order valence-electron chi connectivity index (χ4n) is 9.03. The monoisotopic (exact) mass is 714 g/mol. The maximum absolute atomic E-state index is 11.1. The molecular formula is C50H26N4O2. The van der Waals surface area contributed by atoms with E-state index in [0.29, 0.717) is 22.5 Å². The van der Waals surface area contributed by atoms with Crippen molar-refractivity contribution in [3.8, 4) is 34.6 Å². The van der Waals surface area contributed by atoms with Crippen molar-refractivity contribution < 1.29 is 8.83 Å². The molecule has 0 atom stereocenters. The lowest BCUT2D eigenvalue weighted by molar-refractivity contribution is 0.669. The van der Waals surface area contributed by atoms with Gasteiger partial charge < -0.3 is 18.0 Å². The summed E-state index contributed by atoms with van der Waals surface area (Å²) >= 11 is 0. The van der Waals surface area contributed by atoms with Crippen molar-refractivity contribution in [1.82, 2.24) is 9.13 Å². The standard InChI is InChI=1S/C50H26N4O2/c51-27-30-22-31(28-52)50(54-41-19-9-5-15-33(41)37-24-39-35-17-7-11-21-45(35)56-47(39)26-43(37)54)48(29-12-2-1-3-13-29)49(30)53-40-18-8-4-14-32(40)36-23-38-34-16-6-10-20-44(34)55-46(38)25-42(36)53/h1-26H. The van der Waals surface area contributed by atoms with Gasteiger partial charge in [0.15, 0.2) is 0 Å². The molecule has 4 aromatic heterocycles. The van der Waals surface area contributed by atoms with Crippen molar-refractivity contribution in [2.45, 2.75) is 0 Å². The van der Waals surface area contributed by atoms with Gasteiger partial charge in [-0.1, -0.05) is 103 Å². The maximum Gasteiger partial charge on any atom is 0.137 e. The van der Waals surface area contributed by atoms with Gasteiger partial charge in [-0.2, -0.15) is 10.5 Å². The molecule has 8 aromatic carbocycles. The second-order valence-corrected chi connectivity index (χ2v) is 14.3. The summed E-state index contributed by atoms with van der Waals surface area (Å²) in [6.45, 7) is 0. The van der Waals surface area contributed by atoms with Crippen LogP contribution in [0.25, 0.3) is 110 Å². The summed E-state index contributed by atoms with van der Waals surface area (Å²) in [5.74, 6) is 0. The second-order valence-electron chi connectivity index (χ2n) is 14.3. The molecule has 0 amide bonds. The number of furan rings is 2. The molecule has 12 aromatic rings. The van der Waals surface area contributed by atoms with Gasteiger partial charge in [-0.25, -0.2) is 0 Å². The van der Waals surface area contributed by atoms with Crippen LogP contribution >= 0.6 is 0 Å². The minimum absolute atomic E-state index is 0.386. The van der Waals surface area contributed by atoms with Crippen LogP contribution in [0.5, 0.6) is 0 Å². The minimum atomic E-state index is 0.386. The summed E-state index contributed by atoms with van der Waals surface area (Å²) in [5.41, 5.74) is 10.6. The number of benzene rings is 8. The SMILES string of the molecule is N#Cc1cc(C#N)c(-n2c3ccccc3c3cc4c(cc32)oc2ccccc24)c(-c2ccccc2)c1-n1c2ccccc2c2cc3c(cc21)oc1ccccc13. The van der Waals surface area contributed by atoms with Crippen LogP contribution < -0.4 is 0 Å². The van der Waals surface area contributed by atoms with Gasteiger partial charge in [0.05, 0.1) is 44.6 Å². The van der Waals surface area contributed by atoms with E-state index in [0.717, 1.165) is 98.6 Å². The molecule has 0 spiro atoms. The first kappa shape index (κ1) is 30.4. The van der Waals surface area contributed by atoms with Crippen molar-refractivity contribution in [3.05, 3.63) is 169 Å². The largest absolute Gasteiger partial charge is 0.456 e. The van der Waals surface area contributed by atoms with E-state index in [4.69, 9.17) is 8.83 Å². The Hall–Kier alpha value is -8.06. The van der Waals surface area contributed by atoms with Crippen molar-refractivity contribution in [3.63, 3.8) is 0 Å². The van der Waals surface area contributed by atoms with Crippen LogP contribution in [-0.2, 0) is 0 Å². The number of fused-ring (bicyclic) bond motifs is 12. The van der Waals surface area contributed by atoms with E-state index < -0.39 is 0 Å². The molecule has 0 aliphatic carbocycles. The molecule has 6 heteroatoms. The molecule has 0 unspecified atom stereocenters. The zero-order valence-corrected chi connectivity index (χ0v) is 29.6. The Morgan fingerprint density at radius 1 is 0.357 bits per heavy atom. The average molecular weight is 715 g/mol. The van der Waals surface area contributed by atoms with E-state index in [-0.39, 0.29) is 0 Å². The van der Waals surface area contributed by atoms with Gasteiger partial charge in [0.2, 0.25) is 0 Å².